The van der Waals surface area contributed by atoms with Crippen LogP contribution in [0.3, 0.4) is 0 Å². The number of β-amino-alcohol motifs (C(OH)–C–C–N with tert-alkyl or cyclic N) is 1. The average molecular weight is 264 g/mol. The van der Waals surface area contributed by atoms with Crippen molar-refractivity contribution in [1.82, 2.24) is 9.88 Å². The van der Waals surface area contributed by atoms with Crippen molar-refractivity contribution in [1.29, 1.82) is 0 Å². The number of likely N-dealkylation sites (tertiary alicyclic amines) is 1. The fourth-order valence-corrected chi connectivity index (χ4v) is 2.24. The van der Waals surface area contributed by atoms with Gasteiger partial charge in [0.1, 0.15) is 6.04 Å². The number of carbonyl (C=O) groups excluding carboxylic acids is 2. The summed E-state index contributed by atoms with van der Waals surface area (Å²) in [5.41, 5.74) is 1.27. The van der Waals surface area contributed by atoms with Gasteiger partial charge in [0.15, 0.2) is 0 Å². The molecule has 0 spiro atoms. The van der Waals surface area contributed by atoms with Crippen LogP contribution in [-0.2, 0) is 9.53 Å². The van der Waals surface area contributed by atoms with E-state index < -0.39 is 18.1 Å². The number of rotatable bonds is 2. The molecule has 1 aliphatic rings. The molecule has 1 aromatic rings. The van der Waals surface area contributed by atoms with Gasteiger partial charge < -0.3 is 14.7 Å². The first-order valence-electron chi connectivity index (χ1n) is 6.01. The number of hydrogen-bond acceptors (Lipinski definition) is 5. The van der Waals surface area contributed by atoms with Crippen LogP contribution in [0.5, 0.6) is 0 Å². The Hall–Kier alpha value is -1.95. The molecule has 102 valence electrons. The summed E-state index contributed by atoms with van der Waals surface area (Å²) in [4.78, 5) is 29.3. The van der Waals surface area contributed by atoms with Gasteiger partial charge in [-0.2, -0.15) is 0 Å². The average Bonchev–Trinajstić information content (AvgIpc) is 2.79. The number of pyridine rings is 1. The van der Waals surface area contributed by atoms with E-state index in [2.05, 4.69) is 9.72 Å². The highest BCUT2D eigenvalue weighted by molar-refractivity contribution is 5.97. The summed E-state index contributed by atoms with van der Waals surface area (Å²) in [5, 5.41) is 9.65. The first kappa shape index (κ1) is 13.5. The predicted octanol–water partition coefficient (Wildman–Crippen LogP) is 0.138. The SMILES string of the molecule is COC(=O)C1CC(O)CN1C(=O)c1cncc(C)c1. The summed E-state index contributed by atoms with van der Waals surface area (Å²) in [6.45, 7) is 1.97. The van der Waals surface area contributed by atoms with Gasteiger partial charge in [-0.1, -0.05) is 0 Å². The minimum Gasteiger partial charge on any atom is -0.467 e. The quantitative estimate of drug-likeness (QED) is 0.768. The second-order valence-electron chi connectivity index (χ2n) is 4.64. The molecule has 1 fully saturated rings. The zero-order valence-electron chi connectivity index (χ0n) is 10.9. The number of aromatic nitrogens is 1. The van der Waals surface area contributed by atoms with E-state index in [-0.39, 0.29) is 18.9 Å². The zero-order valence-corrected chi connectivity index (χ0v) is 10.9. The van der Waals surface area contributed by atoms with Crippen LogP contribution in [-0.4, -0.2) is 52.7 Å². The molecule has 0 radical (unpaired) electrons. The van der Waals surface area contributed by atoms with E-state index in [1.807, 2.05) is 6.92 Å². The molecule has 0 aliphatic carbocycles. The standard InChI is InChI=1S/C13H16N2O4/c1-8-3-9(6-14-5-8)12(17)15-7-10(16)4-11(15)13(18)19-2/h3,5-6,10-11,16H,4,7H2,1-2H3. The van der Waals surface area contributed by atoms with Gasteiger partial charge in [0.25, 0.3) is 5.91 Å². The van der Waals surface area contributed by atoms with E-state index in [9.17, 15) is 14.7 Å². The van der Waals surface area contributed by atoms with Crippen molar-refractivity contribution < 1.29 is 19.4 Å². The highest BCUT2D eigenvalue weighted by Gasteiger charge is 2.39. The zero-order chi connectivity index (χ0) is 14.0. The molecule has 2 heterocycles. The number of methoxy groups -OCH3 is 1. The van der Waals surface area contributed by atoms with E-state index >= 15 is 0 Å². The first-order valence-corrected chi connectivity index (χ1v) is 6.01. The van der Waals surface area contributed by atoms with Gasteiger partial charge in [-0.25, -0.2) is 4.79 Å². The lowest BCUT2D eigenvalue weighted by Crippen LogP contribution is -2.41. The van der Waals surface area contributed by atoms with Crippen molar-refractivity contribution in [2.45, 2.75) is 25.5 Å². The van der Waals surface area contributed by atoms with Crippen LogP contribution in [0.15, 0.2) is 18.5 Å². The topological polar surface area (TPSA) is 79.7 Å². The Labute approximate surface area is 111 Å². The molecule has 6 heteroatoms. The Kier molecular flexibility index (Phi) is 3.80. The molecule has 2 atom stereocenters. The maximum absolute atomic E-state index is 12.3. The summed E-state index contributed by atoms with van der Waals surface area (Å²) in [5.74, 6) is -0.825. The third-order valence-corrected chi connectivity index (χ3v) is 3.14. The lowest BCUT2D eigenvalue weighted by Gasteiger charge is -2.22. The normalized spacial score (nSPS) is 22.4. The predicted molar refractivity (Wildman–Crippen MR) is 66.4 cm³/mol. The molecule has 19 heavy (non-hydrogen) atoms. The monoisotopic (exact) mass is 264 g/mol. The highest BCUT2D eigenvalue weighted by atomic mass is 16.5. The van der Waals surface area contributed by atoms with Crippen molar-refractivity contribution in [3.8, 4) is 0 Å². The Balaban J connectivity index is 2.24. The lowest BCUT2D eigenvalue weighted by atomic mass is 10.1. The number of carbonyl (C=O) groups is 2. The van der Waals surface area contributed by atoms with Crippen LogP contribution in [0.4, 0.5) is 0 Å². The molecule has 1 saturated heterocycles. The minimum atomic E-state index is -0.729. The second kappa shape index (κ2) is 5.36. The summed E-state index contributed by atoms with van der Waals surface area (Å²) in [6, 6.07) is 0.974. The van der Waals surface area contributed by atoms with Crippen molar-refractivity contribution in [2.24, 2.45) is 0 Å². The summed E-state index contributed by atoms with van der Waals surface area (Å²) in [7, 11) is 1.27. The number of esters is 1. The Bertz CT molecular complexity index is 503. The number of aliphatic hydroxyl groups is 1. The largest absolute Gasteiger partial charge is 0.467 e. The third-order valence-electron chi connectivity index (χ3n) is 3.14. The third kappa shape index (κ3) is 2.73. The maximum atomic E-state index is 12.3. The van der Waals surface area contributed by atoms with Crippen molar-refractivity contribution >= 4 is 11.9 Å². The van der Waals surface area contributed by atoms with Crippen LogP contribution < -0.4 is 0 Å². The van der Waals surface area contributed by atoms with Crippen LogP contribution in [0, 0.1) is 6.92 Å². The Morgan fingerprint density at radius 3 is 2.84 bits per heavy atom. The van der Waals surface area contributed by atoms with Crippen LogP contribution >= 0.6 is 0 Å². The van der Waals surface area contributed by atoms with Gasteiger partial charge >= 0.3 is 5.97 Å². The number of ether oxygens (including phenoxy) is 1. The number of nitrogens with zero attached hydrogens (tertiary/aromatic N) is 2. The van der Waals surface area contributed by atoms with E-state index in [4.69, 9.17) is 0 Å². The van der Waals surface area contributed by atoms with E-state index in [0.29, 0.717) is 5.56 Å². The molecule has 0 saturated carbocycles. The Morgan fingerprint density at radius 1 is 1.47 bits per heavy atom. The van der Waals surface area contributed by atoms with Gasteiger partial charge in [-0.3, -0.25) is 9.78 Å². The van der Waals surface area contributed by atoms with Crippen molar-refractivity contribution in [2.75, 3.05) is 13.7 Å². The summed E-state index contributed by atoms with van der Waals surface area (Å²) in [6.07, 6.45) is 2.60. The molecule has 2 unspecified atom stereocenters. The Morgan fingerprint density at radius 2 is 2.21 bits per heavy atom. The molecule has 1 amide bonds. The lowest BCUT2D eigenvalue weighted by molar-refractivity contribution is -0.145. The number of hydrogen-bond donors (Lipinski definition) is 1. The van der Waals surface area contributed by atoms with Crippen molar-refractivity contribution in [3.05, 3.63) is 29.6 Å². The fraction of sp³-hybridized carbons (Fsp3) is 0.462. The van der Waals surface area contributed by atoms with Crippen LogP contribution in [0.1, 0.15) is 22.3 Å². The first-order chi connectivity index (χ1) is 9.02. The van der Waals surface area contributed by atoms with Crippen LogP contribution in [0.25, 0.3) is 0 Å². The van der Waals surface area contributed by atoms with Gasteiger partial charge in [0.05, 0.1) is 18.8 Å². The van der Waals surface area contributed by atoms with E-state index in [0.717, 1.165) is 5.56 Å². The van der Waals surface area contributed by atoms with Gasteiger partial charge in [0.2, 0.25) is 0 Å². The molecule has 0 aromatic carbocycles. The minimum absolute atomic E-state index is 0.131. The molecule has 2 rings (SSSR count). The second-order valence-corrected chi connectivity index (χ2v) is 4.64. The number of amides is 1. The fourth-order valence-electron chi connectivity index (χ4n) is 2.24. The summed E-state index contributed by atoms with van der Waals surface area (Å²) >= 11 is 0. The van der Waals surface area contributed by atoms with Gasteiger partial charge in [-0.05, 0) is 18.6 Å². The molecule has 0 bridgehead atoms. The molecule has 6 nitrogen and oxygen atoms in total. The molecular formula is C13H16N2O4. The molecular weight excluding hydrogens is 248 g/mol. The number of aryl methyl sites for hydroxylation is 1. The van der Waals surface area contributed by atoms with E-state index in [1.54, 1.807) is 12.3 Å². The molecule has 1 aromatic heterocycles. The maximum Gasteiger partial charge on any atom is 0.328 e. The molecule has 1 N–H and O–H groups in total. The smallest absolute Gasteiger partial charge is 0.328 e. The van der Waals surface area contributed by atoms with Crippen molar-refractivity contribution in [3.63, 3.8) is 0 Å². The molecule has 1 aliphatic heterocycles. The summed E-state index contributed by atoms with van der Waals surface area (Å²) < 4.78 is 4.66. The van der Waals surface area contributed by atoms with Gasteiger partial charge in [0, 0.05) is 25.4 Å². The van der Waals surface area contributed by atoms with E-state index in [1.165, 1.54) is 18.2 Å². The van der Waals surface area contributed by atoms with Gasteiger partial charge in [-0.15, -0.1) is 0 Å². The highest BCUT2D eigenvalue weighted by Crippen LogP contribution is 2.21. The number of aliphatic hydroxyl groups excluding tert-OH is 1. The van der Waals surface area contributed by atoms with Crippen LogP contribution in [0.2, 0.25) is 0 Å².